The van der Waals surface area contributed by atoms with Crippen LogP contribution in [0.1, 0.15) is 58.3 Å². The van der Waals surface area contributed by atoms with E-state index < -0.39 is 36.2 Å². The lowest BCUT2D eigenvalue weighted by molar-refractivity contribution is -0.219. The molecule has 0 radical (unpaired) electrons. The van der Waals surface area contributed by atoms with E-state index in [2.05, 4.69) is 15.1 Å². The number of carbonyl (C=O) groups excluding carboxylic acids is 2. The lowest BCUT2D eigenvalue weighted by Crippen LogP contribution is -2.73. The number of alkyl halides is 1. The molecule has 8 nitrogen and oxygen atoms in total. The number of ether oxygens (including phenoxy) is 1. The van der Waals surface area contributed by atoms with Crippen LogP contribution in [0.5, 0.6) is 0 Å². The Kier molecular flexibility index (Phi) is 6.63. The Balaban J connectivity index is 1.36. The average Bonchev–Trinajstić information content (AvgIpc) is 3.28. The minimum absolute atomic E-state index is 0.0263. The first-order chi connectivity index (χ1) is 17.3. The van der Waals surface area contributed by atoms with Gasteiger partial charge in [-0.25, -0.2) is 4.39 Å². The van der Waals surface area contributed by atoms with Gasteiger partial charge in [0.15, 0.2) is 5.78 Å². The maximum absolute atomic E-state index is 15.9. The van der Waals surface area contributed by atoms with Crippen LogP contribution in [0, 0.1) is 17.8 Å². The largest absolute Gasteiger partial charge is 0.392 e. The van der Waals surface area contributed by atoms with E-state index in [4.69, 9.17) is 10.5 Å². The molecule has 200 valence electrons. The molecule has 3 saturated carbocycles. The highest BCUT2D eigenvalue weighted by molar-refractivity contribution is 6.20. The average molecular weight is 505 g/mol. The number of aliphatic hydroxyl groups excluding tert-OH is 1. The molecule has 2 saturated heterocycles. The maximum atomic E-state index is 15.9. The zero-order valence-electron chi connectivity index (χ0n) is 21.2. The number of nitrogens with two attached hydrogens (primary N) is 1. The molecular formula is C27H41FN4O4. The van der Waals surface area contributed by atoms with E-state index in [1.807, 2.05) is 0 Å². The summed E-state index contributed by atoms with van der Waals surface area (Å²) in [7, 11) is 0. The van der Waals surface area contributed by atoms with Crippen molar-refractivity contribution in [3.8, 4) is 0 Å². The highest BCUT2D eigenvalue weighted by atomic mass is 19.1. The van der Waals surface area contributed by atoms with Gasteiger partial charge in [-0.2, -0.15) is 0 Å². The Morgan fingerprint density at radius 3 is 2.67 bits per heavy atom. The quantitative estimate of drug-likeness (QED) is 0.493. The van der Waals surface area contributed by atoms with Crippen molar-refractivity contribution in [2.75, 3.05) is 19.6 Å². The zero-order chi connectivity index (χ0) is 25.1. The lowest BCUT2D eigenvalue weighted by atomic mass is 9.64. The van der Waals surface area contributed by atoms with Crippen molar-refractivity contribution >= 4 is 11.7 Å². The second-order valence-corrected chi connectivity index (χ2v) is 12.3. The SMILES string of the molecule is C[C@H](O)CNC(=O)C1=CN2C3CC4CCCCC4CC3OC3C(N4CCC(N)C4)C(F)CC(C1=O)C32. The highest BCUT2D eigenvalue weighted by Crippen LogP contribution is 2.50. The summed E-state index contributed by atoms with van der Waals surface area (Å²) in [5.41, 5.74) is 6.29. The van der Waals surface area contributed by atoms with Gasteiger partial charge in [-0.15, -0.1) is 0 Å². The summed E-state index contributed by atoms with van der Waals surface area (Å²) in [6.07, 6.45) is 7.27. The number of nitrogens with zero attached hydrogens (tertiary/aromatic N) is 2. The van der Waals surface area contributed by atoms with E-state index in [9.17, 15) is 14.7 Å². The Bertz CT molecular complexity index is 914. The number of ketones is 1. The van der Waals surface area contributed by atoms with E-state index in [1.165, 1.54) is 25.7 Å². The summed E-state index contributed by atoms with van der Waals surface area (Å²) in [5, 5.41) is 12.3. The summed E-state index contributed by atoms with van der Waals surface area (Å²) in [5.74, 6) is -0.104. The predicted octanol–water partition coefficient (Wildman–Crippen LogP) is 1.12. The molecule has 36 heavy (non-hydrogen) atoms. The molecule has 10 unspecified atom stereocenters. The third-order valence-electron chi connectivity index (χ3n) is 9.93. The number of hydrogen-bond acceptors (Lipinski definition) is 7. The van der Waals surface area contributed by atoms with Gasteiger partial charge in [0.05, 0.1) is 42.0 Å². The lowest BCUT2D eigenvalue weighted by Gasteiger charge is -2.61. The van der Waals surface area contributed by atoms with Crippen LogP contribution in [0.25, 0.3) is 0 Å². The van der Waals surface area contributed by atoms with Crippen molar-refractivity contribution in [2.45, 2.75) is 107 Å². The Morgan fingerprint density at radius 2 is 1.97 bits per heavy atom. The Hall–Kier alpha value is -1.55. The number of amides is 1. The van der Waals surface area contributed by atoms with Gasteiger partial charge in [0.1, 0.15) is 6.17 Å². The van der Waals surface area contributed by atoms with E-state index >= 15 is 4.39 Å². The van der Waals surface area contributed by atoms with Gasteiger partial charge in [0.25, 0.3) is 5.91 Å². The smallest absolute Gasteiger partial charge is 0.256 e. The predicted molar refractivity (Wildman–Crippen MR) is 131 cm³/mol. The summed E-state index contributed by atoms with van der Waals surface area (Å²) >= 11 is 0. The Labute approximate surface area is 212 Å². The number of nitrogens with one attached hydrogen (secondary N) is 1. The van der Waals surface area contributed by atoms with Crippen molar-refractivity contribution in [3.63, 3.8) is 0 Å². The molecule has 0 aromatic rings. The van der Waals surface area contributed by atoms with Gasteiger partial charge in [-0.1, -0.05) is 25.7 Å². The number of fused-ring (bicyclic) bond motifs is 3. The summed E-state index contributed by atoms with van der Waals surface area (Å²) in [6.45, 7) is 3.06. The minimum Gasteiger partial charge on any atom is -0.392 e. The molecule has 0 spiro atoms. The van der Waals surface area contributed by atoms with Crippen LogP contribution in [0.4, 0.5) is 4.39 Å². The van der Waals surface area contributed by atoms with Crippen LogP contribution in [0.15, 0.2) is 11.8 Å². The molecule has 11 atom stereocenters. The molecule has 3 heterocycles. The minimum atomic E-state index is -1.21. The number of Topliss-reactive ketones (excluding diaryl/α,β-unsaturated/α-hetero) is 1. The number of likely N-dealkylation sites (tertiary alicyclic amines) is 1. The van der Waals surface area contributed by atoms with E-state index in [-0.39, 0.29) is 48.6 Å². The topological polar surface area (TPSA) is 108 Å². The monoisotopic (exact) mass is 504 g/mol. The number of halogens is 1. The first-order valence-electron chi connectivity index (χ1n) is 14.1. The van der Waals surface area contributed by atoms with Crippen molar-refractivity contribution in [1.29, 1.82) is 0 Å². The van der Waals surface area contributed by atoms with Crippen molar-refractivity contribution in [2.24, 2.45) is 23.5 Å². The molecule has 6 rings (SSSR count). The van der Waals surface area contributed by atoms with Crippen LogP contribution in [-0.4, -0.2) is 94.9 Å². The van der Waals surface area contributed by atoms with Crippen molar-refractivity contribution in [1.82, 2.24) is 15.1 Å². The molecule has 1 amide bonds. The fraction of sp³-hybridized carbons (Fsp3) is 0.852. The van der Waals surface area contributed by atoms with Crippen LogP contribution in [-0.2, 0) is 14.3 Å². The fourth-order valence-corrected chi connectivity index (χ4v) is 8.29. The highest BCUT2D eigenvalue weighted by Gasteiger charge is 2.60. The second kappa shape index (κ2) is 9.64. The number of hydrogen-bond donors (Lipinski definition) is 3. The molecule has 6 aliphatic rings. The summed E-state index contributed by atoms with van der Waals surface area (Å²) in [6, 6.07) is -0.546. The summed E-state index contributed by atoms with van der Waals surface area (Å²) < 4.78 is 22.8. The Morgan fingerprint density at radius 1 is 1.22 bits per heavy atom. The molecule has 5 fully saturated rings. The number of carbonyl (C=O) groups is 2. The molecule has 9 heteroatoms. The van der Waals surface area contributed by atoms with Crippen LogP contribution in [0.2, 0.25) is 0 Å². The summed E-state index contributed by atoms with van der Waals surface area (Å²) in [4.78, 5) is 31.1. The number of aliphatic hydroxyl groups is 1. The zero-order valence-corrected chi connectivity index (χ0v) is 21.2. The standard InChI is InChI=1S/C27H41FN4O4/c1-14(33)11-30-27(35)19-13-32-21-8-15-4-2-3-5-16(15)9-22(21)36-26-23(32)18(25(19)34)10-20(28)24(26)31-7-6-17(29)12-31/h13-18,20-24,26,33H,2-12,29H2,1H3,(H,30,35)/t14-,15?,16?,17?,18?,20?,21?,22?,23?,24?,26?/m0/s1. The molecule has 4 N–H and O–H groups in total. The molecule has 0 bridgehead atoms. The second-order valence-electron chi connectivity index (χ2n) is 12.3. The fourth-order valence-electron chi connectivity index (χ4n) is 8.29. The molecule has 0 aromatic heterocycles. The van der Waals surface area contributed by atoms with Gasteiger partial charge in [-0.3, -0.25) is 14.5 Å². The first-order valence-corrected chi connectivity index (χ1v) is 14.1. The third kappa shape index (κ3) is 4.20. The van der Waals surface area contributed by atoms with Crippen LogP contribution >= 0.6 is 0 Å². The van der Waals surface area contributed by atoms with E-state index in [0.29, 0.717) is 18.4 Å². The van der Waals surface area contributed by atoms with Gasteiger partial charge in [0, 0.05) is 37.8 Å². The van der Waals surface area contributed by atoms with E-state index in [0.717, 1.165) is 25.8 Å². The number of rotatable bonds is 4. The maximum Gasteiger partial charge on any atom is 0.256 e. The number of morpholine rings is 1. The van der Waals surface area contributed by atoms with E-state index in [1.54, 1.807) is 13.1 Å². The van der Waals surface area contributed by atoms with Crippen LogP contribution in [0.3, 0.4) is 0 Å². The van der Waals surface area contributed by atoms with Gasteiger partial charge in [-0.05, 0) is 44.4 Å². The third-order valence-corrected chi connectivity index (χ3v) is 9.93. The first kappa shape index (κ1) is 24.8. The normalized spacial score (nSPS) is 45.3. The van der Waals surface area contributed by atoms with Crippen molar-refractivity contribution in [3.05, 3.63) is 11.8 Å². The van der Waals surface area contributed by atoms with Crippen molar-refractivity contribution < 1.29 is 23.8 Å². The van der Waals surface area contributed by atoms with Gasteiger partial charge in [0.2, 0.25) is 0 Å². The molecule has 0 aromatic carbocycles. The van der Waals surface area contributed by atoms with Crippen LogP contribution < -0.4 is 11.1 Å². The molecule has 3 aliphatic carbocycles. The molecular weight excluding hydrogens is 463 g/mol. The van der Waals surface area contributed by atoms with Gasteiger partial charge < -0.3 is 25.8 Å². The van der Waals surface area contributed by atoms with Gasteiger partial charge >= 0.3 is 0 Å². The molecule has 3 aliphatic heterocycles.